The van der Waals surface area contributed by atoms with Crippen molar-refractivity contribution in [2.45, 2.75) is 73.8 Å². The van der Waals surface area contributed by atoms with E-state index in [9.17, 15) is 4.79 Å². The molecule has 0 fully saturated rings. The zero-order valence-corrected chi connectivity index (χ0v) is 14.2. The largest absolute Gasteiger partial charge is 0.456 e. The van der Waals surface area contributed by atoms with Gasteiger partial charge in [0.25, 0.3) is 0 Å². The van der Waals surface area contributed by atoms with E-state index in [1.54, 1.807) is 0 Å². The number of esters is 1. The van der Waals surface area contributed by atoms with E-state index in [-0.39, 0.29) is 5.97 Å². The van der Waals surface area contributed by atoms with Gasteiger partial charge < -0.3 is 4.74 Å². The summed E-state index contributed by atoms with van der Waals surface area (Å²) < 4.78 is 5.60. The first-order valence-corrected chi connectivity index (χ1v) is 7.42. The average molecular weight is 276 g/mol. The van der Waals surface area contributed by atoms with Crippen molar-refractivity contribution in [3.8, 4) is 0 Å². The molecule has 0 aromatic heterocycles. The highest BCUT2D eigenvalue weighted by molar-refractivity contribution is 5.94. The van der Waals surface area contributed by atoms with Crippen molar-refractivity contribution >= 4 is 5.97 Å². The predicted octanol–water partition coefficient (Wildman–Crippen LogP) is 4.83. The lowest BCUT2D eigenvalue weighted by molar-refractivity contribution is 0.00673. The molecule has 1 aromatic carbocycles. The summed E-state index contributed by atoms with van der Waals surface area (Å²) in [7, 11) is 0. The zero-order valence-electron chi connectivity index (χ0n) is 14.2. The van der Waals surface area contributed by atoms with E-state index >= 15 is 0 Å². The molecule has 0 heterocycles. The summed E-state index contributed by atoms with van der Waals surface area (Å²) >= 11 is 0. The molecule has 0 radical (unpaired) electrons. The van der Waals surface area contributed by atoms with Crippen molar-refractivity contribution in [2.24, 2.45) is 0 Å². The van der Waals surface area contributed by atoms with Crippen LogP contribution in [0.15, 0.2) is 0 Å². The van der Waals surface area contributed by atoms with E-state index in [1.807, 2.05) is 27.7 Å². The van der Waals surface area contributed by atoms with Gasteiger partial charge in [0.1, 0.15) is 5.60 Å². The first kappa shape index (κ1) is 16.7. The van der Waals surface area contributed by atoms with Crippen molar-refractivity contribution in [1.29, 1.82) is 0 Å². The molecule has 0 amide bonds. The van der Waals surface area contributed by atoms with E-state index in [0.717, 1.165) is 29.5 Å². The van der Waals surface area contributed by atoms with Gasteiger partial charge in [-0.05, 0) is 82.7 Å². The van der Waals surface area contributed by atoms with Crippen LogP contribution in [-0.2, 0) is 11.2 Å². The van der Waals surface area contributed by atoms with Crippen LogP contribution >= 0.6 is 0 Å². The van der Waals surface area contributed by atoms with Crippen molar-refractivity contribution in [3.05, 3.63) is 33.4 Å². The lowest BCUT2D eigenvalue weighted by Gasteiger charge is -2.24. The normalized spacial score (nSPS) is 11.6. The standard InChI is InChI=1S/C18H28O2/c1-9-10-15-13(4)11(2)12(3)14(5)16(15)17(19)20-18(6,7)8/h9-10H2,1-8H3. The Balaban J connectivity index is 3.47. The Bertz CT molecular complexity index is 519. The van der Waals surface area contributed by atoms with Gasteiger partial charge in [-0.15, -0.1) is 0 Å². The molecule has 0 N–H and O–H groups in total. The van der Waals surface area contributed by atoms with Crippen LogP contribution < -0.4 is 0 Å². The molecular formula is C18H28O2. The molecule has 0 saturated carbocycles. The minimum absolute atomic E-state index is 0.190. The van der Waals surface area contributed by atoms with Gasteiger partial charge in [-0.3, -0.25) is 0 Å². The Morgan fingerprint density at radius 3 is 1.90 bits per heavy atom. The molecule has 0 spiro atoms. The highest BCUT2D eigenvalue weighted by Gasteiger charge is 2.24. The van der Waals surface area contributed by atoms with Gasteiger partial charge in [0.15, 0.2) is 0 Å². The smallest absolute Gasteiger partial charge is 0.339 e. The molecule has 0 aliphatic rings. The third-order valence-corrected chi connectivity index (χ3v) is 3.92. The minimum Gasteiger partial charge on any atom is -0.456 e. The van der Waals surface area contributed by atoms with Crippen LogP contribution in [0, 0.1) is 27.7 Å². The predicted molar refractivity (Wildman–Crippen MR) is 84.6 cm³/mol. The monoisotopic (exact) mass is 276 g/mol. The lowest BCUT2D eigenvalue weighted by Crippen LogP contribution is -2.26. The Kier molecular flexibility index (Phi) is 5.01. The van der Waals surface area contributed by atoms with Crippen molar-refractivity contribution in [2.75, 3.05) is 0 Å². The van der Waals surface area contributed by atoms with Gasteiger partial charge in [-0.1, -0.05) is 13.3 Å². The second kappa shape index (κ2) is 5.99. The number of hydrogen-bond acceptors (Lipinski definition) is 2. The quantitative estimate of drug-likeness (QED) is 0.739. The van der Waals surface area contributed by atoms with Gasteiger partial charge in [0, 0.05) is 0 Å². The highest BCUT2D eigenvalue weighted by atomic mass is 16.6. The molecule has 0 saturated heterocycles. The maximum Gasteiger partial charge on any atom is 0.339 e. The van der Waals surface area contributed by atoms with Crippen LogP contribution in [0.4, 0.5) is 0 Å². The van der Waals surface area contributed by atoms with E-state index in [4.69, 9.17) is 4.74 Å². The number of rotatable bonds is 3. The molecule has 0 aliphatic carbocycles. The Morgan fingerprint density at radius 2 is 1.45 bits per heavy atom. The second-order valence-corrected chi connectivity index (χ2v) is 6.61. The number of hydrogen-bond donors (Lipinski definition) is 0. The van der Waals surface area contributed by atoms with Crippen LogP contribution in [0.1, 0.15) is 72.3 Å². The summed E-state index contributed by atoms with van der Waals surface area (Å²) in [6, 6.07) is 0. The summed E-state index contributed by atoms with van der Waals surface area (Å²) in [5, 5.41) is 0. The molecule has 2 nitrogen and oxygen atoms in total. The first-order chi connectivity index (χ1) is 9.10. The summed E-state index contributed by atoms with van der Waals surface area (Å²) in [6.45, 7) is 16.2. The van der Waals surface area contributed by atoms with Gasteiger partial charge in [-0.25, -0.2) is 4.79 Å². The number of carbonyl (C=O) groups excluding carboxylic acids is 1. The zero-order chi connectivity index (χ0) is 15.7. The van der Waals surface area contributed by atoms with Crippen LogP contribution in [0.2, 0.25) is 0 Å². The maximum atomic E-state index is 12.6. The van der Waals surface area contributed by atoms with Gasteiger partial charge in [0.2, 0.25) is 0 Å². The Morgan fingerprint density at radius 1 is 0.950 bits per heavy atom. The van der Waals surface area contributed by atoms with Crippen LogP contribution in [0.25, 0.3) is 0 Å². The maximum absolute atomic E-state index is 12.6. The summed E-state index contributed by atoms with van der Waals surface area (Å²) in [5.74, 6) is -0.190. The molecule has 112 valence electrons. The Hall–Kier alpha value is -1.31. The molecule has 20 heavy (non-hydrogen) atoms. The molecule has 2 heteroatoms. The molecule has 0 unspecified atom stereocenters. The molecule has 0 bridgehead atoms. The molecule has 0 atom stereocenters. The van der Waals surface area contributed by atoms with Crippen molar-refractivity contribution in [3.63, 3.8) is 0 Å². The van der Waals surface area contributed by atoms with Gasteiger partial charge in [0.05, 0.1) is 5.56 Å². The summed E-state index contributed by atoms with van der Waals surface area (Å²) in [4.78, 5) is 12.6. The topological polar surface area (TPSA) is 26.3 Å². The fourth-order valence-electron chi connectivity index (χ4n) is 2.56. The third-order valence-electron chi connectivity index (χ3n) is 3.92. The molecule has 1 rings (SSSR count). The van der Waals surface area contributed by atoms with E-state index in [0.29, 0.717) is 0 Å². The fraction of sp³-hybridized carbons (Fsp3) is 0.611. The Labute approximate surface area is 123 Å². The molecule has 0 aliphatic heterocycles. The van der Waals surface area contributed by atoms with Crippen molar-refractivity contribution < 1.29 is 9.53 Å². The average Bonchev–Trinajstić information content (AvgIpc) is 2.31. The van der Waals surface area contributed by atoms with Crippen LogP contribution in [0.3, 0.4) is 0 Å². The van der Waals surface area contributed by atoms with Crippen LogP contribution in [-0.4, -0.2) is 11.6 Å². The third kappa shape index (κ3) is 3.41. The first-order valence-electron chi connectivity index (χ1n) is 7.42. The lowest BCUT2D eigenvalue weighted by atomic mass is 9.87. The minimum atomic E-state index is -0.459. The number of benzene rings is 1. The second-order valence-electron chi connectivity index (χ2n) is 6.61. The summed E-state index contributed by atoms with van der Waals surface area (Å²) in [6.07, 6.45) is 1.95. The van der Waals surface area contributed by atoms with Gasteiger partial charge >= 0.3 is 5.97 Å². The SMILES string of the molecule is CCCc1c(C)c(C)c(C)c(C)c1C(=O)OC(C)(C)C. The number of ether oxygens (including phenoxy) is 1. The van der Waals surface area contributed by atoms with E-state index in [1.165, 1.54) is 16.7 Å². The highest BCUT2D eigenvalue weighted by Crippen LogP contribution is 2.29. The molecular weight excluding hydrogens is 248 g/mol. The van der Waals surface area contributed by atoms with Crippen molar-refractivity contribution in [1.82, 2.24) is 0 Å². The summed E-state index contributed by atoms with van der Waals surface area (Å²) in [5.41, 5.74) is 6.26. The van der Waals surface area contributed by atoms with E-state index in [2.05, 4.69) is 27.7 Å². The van der Waals surface area contributed by atoms with Crippen LogP contribution in [0.5, 0.6) is 0 Å². The molecule has 1 aromatic rings. The van der Waals surface area contributed by atoms with E-state index < -0.39 is 5.60 Å². The fourth-order valence-corrected chi connectivity index (χ4v) is 2.56. The number of carbonyl (C=O) groups is 1. The van der Waals surface area contributed by atoms with Gasteiger partial charge in [-0.2, -0.15) is 0 Å².